The number of halogens is 6. The molecule has 5 nitrogen and oxygen atoms in total. The third-order valence-corrected chi connectivity index (χ3v) is 9.50. The van der Waals surface area contributed by atoms with Crippen molar-refractivity contribution in [3.8, 4) is 0 Å². The molecular formula is C20H16BrCl2F3N2O3S2. The molecule has 178 valence electrons. The molecule has 2 aromatic rings. The Bertz CT molecular complexity index is 1200. The Morgan fingerprint density at radius 3 is 2.42 bits per heavy atom. The molecule has 0 radical (unpaired) electrons. The second-order valence-electron chi connectivity index (χ2n) is 7.70. The van der Waals surface area contributed by atoms with E-state index in [1.54, 1.807) is 18.2 Å². The minimum absolute atomic E-state index is 0.0186. The number of rotatable bonds is 7. The van der Waals surface area contributed by atoms with Crippen LogP contribution < -0.4 is 4.72 Å². The molecule has 2 aliphatic rings. The molecule has 1 aliphatic heterocycles. The van der Waals surface area contributed by atoms with Crippen molar-refractivity contribution in [3.05, 3.63) is 62.0 Å². The SMILES string of the molecule is O=S(=O)(CSc1ccc(C2=NOC(c3cc(Cl)cc(Cl)c3)(C(F)(F)F)C2)cc1Br)NC1CC1. The van der Waals surface area contributed by atoms with Gasteiger partial charge in [0.15, 0.2) is 0 Å². The predicted octanol–water partition coefficient (Wildman–Crippen LogP) is 6.47. The molecule has 0 saturated heterocycles. The van der Waals surface area contributed by atoms with Crippen molar-refractivity contribution >= 4 is 66.6 Å². The molecular weight excluding hydrogens is 588 g/mol. The van der Waals surface area contributed by atoms with E-state index in [2.05, 4.69) is 25.8 Å². The number of alkyl halides is 3. The highest BCUT2D eigenvalue weighted by Gasteiger charge is 2.62. The van der Waals surface area contributed by atoms with E-state index < -0.39 is 28.2 Å². The number of hydrogen-bond donors (Lipinski definition) is 1. The summed E-state index contributed by atoms with van der Waals surface area (Å²) in [5.74, 6) is 0. The molecule has 1 N–H and O–H groups in total. The Morgan fingerprint density at radius 2 is 1.85 bits per heavy atom. The van der Waals surface area contributed by atoms with Crippen LogP contribution >= 0.6 is 50.9 Å². The van der Waals surface area contributed by atoms with Crippen LogP contribution in [-0.2, 0) is 20.5 Å². The molecule has 0 bridgehead atoms. The lowest BCUT2D eigenvalue weighted by Gasteiger charge is -2.29. The summed E-state index contributed by atoms with van der Waals surface area (Å²) < 4.78 is 69.7. The van der Waals surface area contributed by atoms with Crippen molar-refractivity contribution in [3.63, 3.8) is 0 Å². The zero-order chi connectivity index (χ0) is 24.0. The molecule has 1 unspecified atom stereocenters. The summed E-state index contributed by atoms with van der Waals surface area (Å²) in [5.41, 5.74) is -2.47. The second kappa shape index (κ2) is 9.23. The van der Waals surface area contributed by atoms with Gasteiger partial charge in [-0.05, 0) is 59.1 Å². The minimum Gasteiger partial charge on any atom is -0.374 e. The van der Waals surface area contributed by atoms with Crippen molar-refractivity contribution in [2.45, 2.75) is 42.0 Å². The van der Waals surface area contributed by atoms with Crippen LogP contribution in [0.2, 0.25) is 10.0 Å². The van der Waals surface area contributed by atoms with Gasteiger partial charge in [0.25, 0.3) is 5.60 Å². The first-order valence-corrected chi connectivity index (χ1v) is 13.8. The predicted molar refractivity (Wildman–Crippen MR) is 126 cm³/mol. The average molecular weight is 604 g/mol. The van der Waals surface area contributed by atoms with E-state index in [0.29, 0.717) is 14.9 Å². The van der Waals surface area contributed by atoms with Crippen molar-refractivity contribution < 1.29 is 26.4 Å². The number of benzene rings is 2. The quantitative estimate of drug-likeness (QED) is 0.368. The molecule has 0 aromatic heterocycles. The fourth-order valence-corrected chi connectivity index (χ4v) is 7.03. The van der Waals surface area contributed by atoms with Crippen LogP contribution in [0, 0.1) is 0 Å². The van der Waals surface area contributed by atoms with Crippen LogP contribution in [0.3, 0.4) is 0 Å². The van der Waals surface area contributed by atoms with Gasteiger partial charge in [-0.1, -0.05) is 34.4 Å². The van der Waals surface area contributed by atoms with E-state index in [9.17, 15) is 21.6 Å². The van der Waals surface area contributed by atoms with E-state index in [-0.39, 0.29) is 32.4 Å². The van der Waals surface area contributed by atoms with Gasteiger partial charge in [-0.2, -0.15) is 13.2 Å². The van der Waals surface area contributed by atoms with E-state index in [1.165, 1.54) is 6.07 Å². The van der Waals surface area contributed by atoms with Crippen molar-refractivity contribution in [2.75, 3.05) is 5.08 Å². The molecule has 1 fully saturated rings. The summed E-state index contributed by atoms with van der Waals surface area (Å²) in [7, 11) is -3.43. The largest absolute Gasteiger partial charge is 0.435 e. The van der Waals surface area contributed by atoms with Crippen LogP contribution in [0.1, 0.15) is 30.4 Å². The van der Waals surface area contributed by atoms with Crippen molar-refractivity contribution in [1.29, 1.82) is 0 Å². The number of thioether (sulfide) groups is 1. The monoisotopic (exact) mass is 602 g/mol. The van der Waals surface area contributed by atoms with E-state index in [1.807, 2.05) is 0 Å². The van der Waals surface area contributed by atoms with Gasteiger partial charge in [0, 0.05) is 43.0 Å². The third kappa shape index (κ3) is 5.65. The molecule has 1 atom stereocenters. The number of hydrogen-bond acceptors (Lipinski definition) is 5. The van der Waals surface area contributed by atoms with Gasteiger partial charge >= 0.3 is 6.18 Å². The standard InChI is InChI=1S/C20H16BrCl2F3N2O3S2/c21-16-5-11(1-4-18(16)32-10-33(29,30)28-15-2-3-15)17-9-19(31-27-17,20(24,25)26)12-6-13(22)8-14(23)7-12/h1,4-8,15,28H,2-3,9-10H2. The number of nitrogens with zero attached hydrogens (tertiary/aromatic N) is 1. The fourth-order valence-electron chi connectivity index (χ4n) is 3.27. The van der Waals surface area contributed by atoms with Crippen molar-refractivity contribution in [1.82, 2.24) is 4.72 Å². The normalized spacial score (nSPS) is 21.1. The highest BCUT2D eigenvalue weighted by molar-refractivity contribution is 9.10. The summed E-state index contributed by atoms with van der Waals surface area (Å²) in [6.07, 6.45) is -3.69. The number of sulfonamides is 1. The van der Waals surface area contributed by atoms with Crippen LogP contribution in [0.25, 0.3) is 0 Å². The van der Waals surface area contributed by atoms with Gasteiger partial charge in [-0.3, -0.25) is 0 Å². The first kappa shape index (κ1) is 25.1. The summed E-state index contributed by atoms with van der Waals surface area (Å²) in [6, 6.07) is 8.46. The maximum Gasteiger partial charge on any atom is 0.435 e. The smallest absolute Gasteiger partial charge is 0.374 e. The molecule has 33 heavy (non-hydrogen) atoms. The summed E-state index contributed by atoms with van der Waals surface area (Å²) in [4.78, 5) is 5.64. The third-order valence-electron chi connectivity index (χ3n) is 5.07. The molecule has 13 heteroatoms. The molecule has 1 saturated carbocycles. The Morgan fingerprint density at radius 1 is 1.18 bits per heavy atom. The fraction of sp³-hybridized carbons (Fsp3) is 0.350. The highest BCUT2D eigenvalue weighted by atomic mass is 79.9. The van der Waals surface area contributed by atoms with E-state index in [0.717, 1.165) is 36.7 Å². The van der Waals surface area contributed by atoms with Gasteiger partial charge in [-0.25, -0.2) is 13.1 Å². The van der Waals surface area contributed by atoms with Crippen LogP contribution in [0.4, 0.5) is 13.2 Å². The average Bonchev–Trinajstić information content (AvgIpc) is 3.37. The zero-order valence-electron chi connectivity index (χ0n) is 16.6. The first-order chi connectivity index (χ1) is 15.4. The van der Waals surface area contributed by atoms with Gasteiger partial charge in [0.1, 0.15) is 5.08 Å². The second-order valence-corrected chi connectivity index (χ2v) is 12.6. The Hall–Kier alpha value is -0.980. The summed E-state index contributed by atoms with van der Waals surface area (Å²) in [5, 5.41) is 3.66. The van der Waals surface area contributed by atoms with E-state index >= 15 is 0 Å². The Kier molecular flexibility index (Phi) is 7.03. The highest BCUT2D eigenvalue weighted by Crippen LogP contribution is 2.50. The molecule has 1 aliphatic carbocycles. The Labute approximate surface area is 211 Å². The first-order valence-electron chi connectivity index (χ1n) is 9.60. The summed E-state index contributed by atoms with van der Waals surface area (Å²) >= 11 is 16.3. The zero-order valence-corrected chi connectivity index (χ0v) is 21.4. The van der Waals surface area contributed by atoms with Crippen LogP contribution in [0.5, 0.6) is 0 Å². The molecule has 2 aromatic carbocycles. The molecule has 4 rings (SSSR count). The summed E-state index contributed by atoms with van der Waals surface area (Å²) in [6.45, 7) is 0. The molecule has 0 amide bonds. The Balaban J connectivity index is 1.54. The number of oxime groups is 1. The van der Waals surface area contributed by atoms with Gasteiger partial charge in [0.05, 0.1) is 5.71 Å². The van der Waals surface area contributed by atoms with E-state index in [4.69, 9.17) is 28.0 Å². The topological polar surface area (TPSA) is 67.8 Å². The van der Waals surface area contributed by atoms with Gasteiger partial charge < -0.3 is 4.84 Å². The lowest BCUT2D eigenvalue weighted by atomic mass is 9.86. The van der Waals surface area contributed by atoms with Gasteiger partial charge in [-0.15, -0.1) is 11.8 Å². The van der Waals surface area contributed by atoms with Crippen LogP contribution in [0.15, 0.2) is 50.9 Å². The molecule has 1 heterocycles. The lowest BCUT2D eigenvalue weighted by molar-refractivity contribution is -0.275. The minimum atomic E-state index is -4.79. The number of nitrogens with one attached hydrogen (secondary N) is 1. The van der Waals surface area contributed by atoms with Crippen LogP contribution in [-0.4, -0.2) is 31.4 Å². The maximum absolute atomic E-state index is 14.1. The van der Waals surface area contributed by atoms with Gasteiger partial charge in [0.2, 0.25) is 10.0 Å². The maximum atomic E-state index is 14.1. The lowest BCUT2D eigenvalue weighted by Crippen LogP contribution is -2.42. The molecule has 0 spiro atoms. The van der Waals surface area contributed by atoms with Crippen molar-refractivity contribution in [2.24, 2.45) is 5.16 Å².